The van der Waals surface area contributed by atoms with Gasteiger partial charge in [0.05, 0.1) is 12.7 Å². The summed E-state index contributed by atoms with van der Waals surface area (Å²) < 4.78 is 5.26. The number of hydrogen-bond donors (Lipinski definition) is 1. The minimum Gasteiger partial charge on any atom is -0.389 e. The van der Waals surface area contributed by atoms with Crippen LogP contribution in [0.4, 0.5) is 0 Å². The summed E-state index contributed by atoms with van der Waals surface area (Å²) in [4.78, 5) is 0. The van der Waals surface area contributed by atoms with Gasteiger partial charge < -0.3 is 9.84 Å². The van der Waals surface area contributed by atoms with Gasteiger partial charge in [0.2, 0.25) is 0 Å². The molecule has 0 spiro atoms. The lowest BCUT2D eigenvalue weighted by atomic mass is 10.2. The molecule has 2 atom stereocenters. The fourth-order valence-electron chi connectivity index (χ4n) is 1.00. The molecule has 1 saturated heterocycles. The molecule has 1 aliphatic heterocycles. The first kappa shape index (κ1) is 9.78. The highest BCUT2D eigenvalue weighted by Crippen LogP contribution is 2.12. The Morgan fingerprint density at radius 2 is 2.08 bits per heavy atom. The molecular formula is C9H16O2Si. The summed E-state index contributed by atoms with van der Waals surface area (Å²) in [6.45, 7) is 7.19. The van der Waals surface area contributed by atoms with E-state index in [4.69, 9.17) is 4.74 Å². The van der Waals surface area contributed by atoms with E-state index >= 15 is 0 Å². The molecule has 2 nitrogen and oxygen atoms in total. The van der Waals surface area contributed by atoms with E-state index in [0.29, 0.717) is 6.61 Å². The van der Waals surface area contributed by atoms with Gasteiger partial charge in [-0.1, -0.05) is 25.6 Å². The molecule has 3 heteroatoms. The van der Waals surface area contributed by atoms with Gasteiger partial charge in [0.25, 0.3) is 0 Å². The normalized spacial score (nSPS) is 29.7. The van der Waals surface area contributed by atoms with E-state index in [1.54, 1.807) is 0 Å². The first-order chi connectivity index (χ1) is 5.49. The van der Waals surface area contributed by atoms with Crippen molar-refractivity contribution >= 4 is 8.07 Å². The third-order valence-corrected chi connectivity index (χ3v) is 2.54. The lowest BCUT2D eigenvalue weighted by Gasteiger charge is -2.08. The second kappa shape index (κ2) is 3.61. The molecule has 0 unspecified atom stereocenters. The molecule has 0 radical (unpaired) electrons. The maximum Gasteiger partial charge on any atom is 0.143 e. The van der Waals surface area contributed by atoms with Gasteiger partial charge in [-0.15, -0.1) is 5.54 Å². The third kappa shape index (κ3) is 2.98. The van der Waals surface area contributed by atoms with E-state index in [0.717, 1.165) is 6.42 Å². The third-order valence-electron chi connectivity index (χ3n) is 1.65. The van der Waals surface area contributed by atoms with Crippen molar-refractivity contribution in [2.24, 2.45) is 0 Å². The molecule has 1 rings (SSSR count). The number of aliphatic hydroxyl groups excluding tert-OH is 1. The summed E-state index contributed by atoms with van der Waals surface area (Å²) in [5, 5.41) is 9.37. The summed E-state index contributed by atoms with van der Waals surface area (Å²) in [7, 11) is -1.31. The minimum atomic E-state index is -1.31. The van der Waals surface area contributed by atoms with E-state index < -0.39 is 8.07 Å². The Balaban J connectivity index is 2.53. The quantitative estimate of drug-likeness (QED) is 0.450. The maximum atomic E-state index is 9.37. The summed E-state index contributed by atoms with van der Waals surface area (Å²) in [6, 6.07) is 0. The smallest absolute Gasteiger partial charge is 0.143 e. The van der Waals surface area contributed by atoms with Gasteiger partial charge in [-0.05, 0) is 0 Å². The lowest BCUT2D eigenvalue weighted by molar-refractivity contribution is 0.0812. The van der Waals surface area contributed by atoms with Gasteiger partial charge in [0.1, 0.15) is 14.2 Å². The van der Waals surface area contributed by atoms with Crippen LogP contribution < -0.4 is 0 Å². The Morgan fingerprint density at radius 1 is 1.42 bits per heavy atom. The Labute approximate surface area is 74.9 Å². The molecule has 0 saturated carbocycles. The van der Waals surface area contributed by atoms with E-state index in [1.807, 2.05) is 0 Å². The van der Waals surface area contributed by atoms with Gasteiger partial charge in [-0.25, -0.2) is 0 Å². The topological polar surface area (TPSA) is 29.5 Å². The minimum absolute atomic E-state index is 0.225. The predicted molar refractivity (Wildman–Crippen MR) is 51.5 cm³/mol. The molecule has 1 aliphatic rings. The SMILES string of the molecule is C[Si](C)(C)C#C[C@H]1OCC[C@H]1O. The fourth-order valence-corrected chi connectivity index (χ4v) is 1.58. The van der Waals surface area contributed by atoms with Crippen molar-refractivity contribution in [3.05, 3.63) is 0 Å². The molecule has 0 aliphatic carbocycles. The van der Waals surface area contributed by atoms with Gasteiger partial charge in [0.15, 0.2) is 0 Å². The standard InChI is InChI=1S/C9H16O2Si/c1-12(2,3)7-5-9-8(10)4-6-11-9/h8-10H,4,6H2,1-3H3/t8-,9-/m1/s1. The molecule has 0 bridgehead atoms. The molecule has 68 valence electrons. The number of rotatable bonds is 0. The average molecular weight is 184 g/mol. The molecule has 12 heavy (non-hydrogen) atoms. The van der Waals surface area contributed by atoms with Crippen molar-refractivity contribution in [3.8, 4) is 11.5 Å². The van der Waals surface area contributed by atoms with Crippen molar-refractivity contribution in [3.63, 3.8) is 0 Å². The zero-order valence-corrected chi connectivity index (χ0v) is 8.92. The monoisotopic (exact) mass is 184 g/mol. The first-order valence-corrected chi connectivity index (χ1v) is 7.81. The van der Waals surface area contributed by atoms with Crippen LogP contribution >= 0.6 is 0 Å². The van der Waals surface area contributed by atoms with Gasteiger partial charge in [-0.3, -0.25) is 0 Å². The van der Waals surface area contributed by atoms with E-state index in [1.165, 1.54) is 0 Å². The highest BCUT2D eigenvalue weighted by Gasteiger charge is 2.24. The Hall–Kier alpha value is -0.303. The van der Waals surface area contributed by atoms with Gasteiger partial charge >= 0.3 is 0 Å². The van der Waals surface area contributed by atoms with Crippen LogP contribution in [0, 0.1) is 11.5 Å². The van der Waals surface area contributed by atoms with Crippen LogP contribution in [0.1, 0.15) is 6.42 Å². The second-order valence-electron chi connectivity index (χ2n) is 4.17. The largest absolute Gasteiger partial charge is 0.389 e. The fraction of sp³-hybridized carbons (Fsp3) is 0.778. The van der Waals surface area contributed by atoms with Crippen LogP contribution in [0.5, 0.6) is 0 Å². The summed E-state index contributed by atoms with van der Waals surface area (Å²) in [5.41, 5.74) is 3.20. The molecule has 0 aromatic rings. The summed E-state index contributed by atoms with van der Waals surface area (Å²) in [5.74, 6) is 3.01. The van der Waals surface area contributed by atoms with Crippen molar-refractivity contribution in [2.75, 3.05) is 6.61 Å². The van der Waals surface area contributed by atoms with Crippen molar-refractivity contribution in [1.82, 2.24) is 0 Å². The Morgan fingerprint density at radius 3 is 2.50 bits per heavy atom. The first-order valence-electron chi connectivity index (χ1n) is 4.31. The summed E-state index contributed by atoms with van der Waals surface area (Å²) in [6.07, 6.45) is 0.135. The molecule has 0 aromatic heterocycles. The molecule has 1 fully saturated rings. The molecular weight excluding hydrogens is 168 g/mol. The molecule has 1 heterocycles. The zero-order chi connectivity index (χ0) is 9.19. The second-order valence-corrected chi connectivity index (χ2v) is 8.92. The van der Waals surface area contributed by atoms with Crippen LogP contribution in [0.2, 0.25) is 19.6 Å². The van der Waals surface area contributed by atoms with Crippen LogP contribution in [0.25, 0.3) is 0 Å². The van der Waals surface area contributed by atoms with Crippen LogP contribution in [0.15, 0.2) is 0 Å². The Bertz CT molecular complexity index is 209. The molecule has 0 amide bonds. The van der Waals surface area contributed by atoms with E-state index in [9.17, 15) is 5.11 Å². The van der Waals surface area contributed by atoms with E-state index in [-0.39, 0.29) is 12.2 Å². The van der Waals surface area contributed by atoms with Crippen molar-refractivity contribution < 1.29 is 9.84 Å². The maximum absolute atomic E-state index is 9.37. The molecule has 0 aromatic carbocycles. The molecule has 1 N–H and O–H groups in total. The average Bonchev–Trinajstić information content (AvgIpc) is 2.29. The van der Waals surface area contributed by atoms with Crippen LogP contribution in [0.3, 0.4) is 0 Å². The van der Waals surface area contributed by atoms with Gasteiger partial charge in [0, 0.05) is 6.42 Å². The highest BCUT2D eigenvalue weighted by molar-refractivity contribution is 6.83. The number of aliphatic hydroxyl groups is 1. The van der Waals surface area contributed by atoms with Crippen LogP contribution in [-0.2, 0) is 4.74 Å². The lowest BCUT2D eigenvalue weighted by Crippen LogP contribution is -2.22. The van der Waals surface area contributed by atoms with Crippen molar-refractivity contribution in [1.29, 1.82) is 0 Å². The van der Waals surface area contributed by atoms with E-state index in [2.05, 4.69) is 31.1 Å². The highest BCUT2D eigenvalue weighted by atomic mass is 28.3. The van der Waals surface area contributed by atoms with Gasteiger partial charge in [-0.2, -0.15) is 0 Å². The van der Waals surface area contributed by atoms with Crippen molar-refractivity contribution in [2.45, 2.75) is 38.3 Å². The predicted octanol–water partition coefficient (Wildman–Crippen LogP) is 1.02. The number of hydrogen-bond acceptors (Lipinski definition) is 2. The summed E-state index contributed by atoms with van der Waals surface area (Å²) >= 11 is 0. The zero-order valence-electron chi connectivity index (χ0n) is 7.92. The Kier molecular flexibility index (Phi) is 2.94. The van der Waals surface area contributed by atoms with Crippen LogP contribution in [-0.4, -0.2) is 32.0 Å². The number of ether oxygens (including phenoxy) is 1.